The van der Waals surface area contributed by atoms with Crippen molar-refractivity contribution in [1.82, 2.24) is 4.98 Å². The van der Waals surface area contributed by atoms with Crippen LogP contribution in [0.15, 0.2) is 36.5 Å². The molecule has 0 saturated carbocycles. The Morgan fingerprint density at radius 1 is 1.40 bits per heavy atom. The van der Waals surface area contributed by atoms with Crippen LogP contribution in [0.5, 0.6) is 11.6 Å². The lowest BCUT2D eigenvalue weighted by molar-refractivity contribution is -0.385. The topological polar surface area (TPSA) is 85.5 Å². The van der Waals surface area contributed by atoms with Gasteiger partial charge in [-0.25, -0.2) is 9.37 Å². The van der Waals surface area contributed by atoms with Gasteiger partial charge in [-0.2, -0.15) is 0 Å². The summed E-state index contributed by atoms with van der Waals surface area (Å²) < 4.78 is 18.3. The van der Waals surface area contributed by atoms with Gasteiger partial charge in [0.05, 0.1) is 11.0 Å². The number of ether oxygens (including phenoxy) is 1. The number of aromatic nitrogens is 1. The highest BCUT2D eigenvalue weighted by molar-refractivity contribution is 5.47. The summed E-state index contributed by atoms with van der Waals surface area (Å²) in [5.41, 5.74) is 0.221. The fourth-order valence-electron chi connectivity index (χ4n) is 1.53. The number of hydrogen-bond donors (Lipinski definition) is 1. The Hall–Kier alpha value is -2.54. The van der Waals surface area contributed by atoms with Crippen molar-refractivity contribution in [2.75, 3.05) is 0 Å². The number of nitro benzene ring substituents is 1. The third kappa shape index (κ3) is 3.07. The van der Waals surface area contributed by atoms with Gasteiger partial charge in [0.25, 0.3) is 0 Å². The maximum Gasteiger partial charge on any atom is 0.311 e. The molecule has 104 valence electrons. The summed E-state index contributed by atoms with van der Waals surface area (Å²) in [5.74, 6) is -0.804. The number of halogens is 1. The summed E-state index contributed by atoms with van der Waals surface area (Å²) in [6.45, 7) is 1.58. The quantitative estimate of drug-likeness (QED) is 0.686. The molecule has 1 heterocycles. The smallest absolute Gasteiger partial charge is 0.311 e. The van der Waals surface area contributed by atoms with E-state index in [9.17, 15) is 19.6 Å². The van der Waals surface area contributed by atoms with Crippen molar-refractivity contribution in [2.24, 2.45) is 0 Å². The van der Waals surface area contributed by atoms with Gasteiger partial charge in [-0.15, -0.1) is 0 Å². The van der Waals surface area contributed by atoms with E-state index < -0.39 is 16.8 Å². The van der Waals surface area contributed by atoms with Crippen LogP contribution in [-0.4, -0.2) is 15.0 Å². The monoisotopic (exact) mass is 278 g/mol. The van der Waals surface area contributed by atoms with Gasteiger partial charge in [-0.3, -0.25) is 10.1 Å². The normalized spacial score (nSPS) is 11.9. The van der Waals surface area contributed by atoms with Crippen LogP contribution in [0.4, 0.5) is 10.1 Å². The van der Waals surface area contributed by atoms with Crippen LogP contribution in [0.3, 0.4) is 0 Å². The van der Waals surface area contributed by atoms with E-state index in [1.165, 1.54) is 12.3 Å². The lowest BCUT2D eigenvalue weighted by Crippen LogP contribution is -1.97. The number of pyridine rings is 1. The number of benzene rings is 1. The number of nitro groups is 1. The zero-order valence-electron chi connectivity index (χ0n) is 10.5. The summed E-state index contributed by atoms with van der Waals surface area (Å²) >= 11 is 0. The Morgan fingerprint density at radius 3 is 2.70 bits per heavy atom. The molecule has 0 bridgehead atoms. The van der Waals surface area contributed by atoms with Crippen LogP contribution in [0.2, 0.25) is 0 Å². The van der Waals surface area contributed by atoms with Crippen LogP contribution in [0, 0.1) is 15.9 Å². The fourth-order valence-corrected chi connectivity index (χ4v) is 1.53. The van der Waals surface area contributed by atoms with Gasteiger partial charge >= 0.3 is 5.69 Å². The molecule has 1 N–H and O–H groups in total. The van der Waals surface area contributed by atoms with Crippen LogP contribution < -0.4 is 4.74 Å². The first-order valence-corrected chi connectivity index (χ1v) is 5.73. The van der Waals surface area contributed by atoms with E-state index in [0.29, 0.717) is 5.56 Å². The summed E-state index contributed by atoms with van der Waals surface area (Å²) in [6.07, 6.45) is 0.700. The Bertz CT molecular complexity index is 629. The van der Waals surface area contributed by atoms with E-state index in [-0.39, 0.29) is 17.3 Å². The van der Waals surface area contributed by atoms with E-state index in [0.717, 1.165) is 18.2 Å². The molecular formula is C13H11FN2O4. The highest BCUT2D eigenvalue weighted by Crippen LogP contribution is 2.31. The molecule has 0 aliphatic rings. The molecule has 0 fully saturated rings. The molecule has 0 spiro atoms. The van der Waals surface area contributed by atoms with Crippen molar-refractivity contribution in [1.29, 1.82) is 0 Å². The average molecular weight is 278 g/mol. The summed E-state index contributed by atoms with van der Waals surface area (Å²) in [5, 5.41) is 20.2. The minimum atomic E-state index is -0.681. The minimum absolute atomic E-state index is 0.0723. The highest BCUT2D eigenvalue weighted by Gasteiger charge is 2.17. The van der Waals surface area contributed by atoms with Crippen molar-refractivity contribution >= 4 is 5.69 Å². The molecule has 6 nitrogen and oxygen atoms in total. The Morgan fingerprint density at radius 2 is 2.15 bits per heavy atom. The number of rotatable bonds is 4. The first-order valence-electron chi connectivity index (χ1n) is 5.73. The van der Waals surface area contributed by atoms with Crippen molar-refractivity contribution in [2.45, 2.75) is 13.0 Å². The van der Waals surface area contributed by atoms with Crippen LogP contribution >= 0.6 is 0 Å². The highest BCUT2D eigenvalue weighted by atomic mass is 19.1. The van der Waals surface area contributed by atoms with Gasteiger partial charge in [0.15, 0.2) is 0 Å². The fraction of sp³-hybridized carbons (Fsp3) is 0.154. The molecule has 2 rings (SSSR count). The second-order valence-electron chi connectivity index (χ2n) is 4.08. The average Bonchev–Trinajstić information content (AvgIpc) is 2.39. The third-order valence-corrected chi connectivity index (χ3v) is 2.57. The lowest BCUT2D eigenvalue weighted by atomic mass is 10.2. The van der Waals surface area contributed by atoms with Crippen molar-refractivity contribution < 1.29 is 19.2 Å². The summed E-state index contributed by atoms with van der Waals surface area (Å²) in [7, 11) is 0. The standard InChI is InChI=1S/C13H11FN2O4/c1-8(17)9-2-5-13(15-7-9)20-12-6-10(14)3-4-11(12)16(18)19/h2-8,17H,1H3. The number of hydrogen-bond acceptors (Lipinski definition) is 5. The first-order chi connectivity index (χ1) is 9.47. The maximum atomic E-state index is 13.1. The van der Waals surface area contributed by atoms with E-state index in [1.54, 1.807) is 13.0 Å². The van der Waals surface area contributed by atoms with Gasteiger partial charge in [0.1, 0.15) is 5.82 Å². The Labute approximate surface area is 113 Å². The number of nitrogens with zero attached hydrogens (tertiary/aromatic N) is 2. The second-order valence-corrected chi connectivity index (χ2v) is 4.08. The van der Waals surface area contributed by atoms with Gasteiger partial charge in [-0.1, -0.05) is 0 Å². The Balaban J connectivity index is 2.29. The van der Waals surface area contributed by atoms with E-state index in [4.69, 9.17) is 4.74 Å². The maximum absolute atomic E-state index is 13.1. The van der Waals surface area contributed by atoms with E-state index in [2.05, 4.69) is 4.98 Å². The summed E-state index contributed by atoms with van der Waals surface area (Å²) in [4.78, 5) is 14.0. The zero-order chi connectivity index (χ0) is 14.7. The molecule has 0 saturated heterocycles. The second kappa shape index (κ2) is 5.62. The molecular weight excluding hydrogens is 267 g/mol. The zero-order valence-corrected chi connectivity index (χ0v) is 10.5. The number of aliphatic hydroxyl groups excluding tert-OH is 1. The molecule has 0 aliphatic heterocycles. The lowest BCUT2D eigenvalue weighted by Gasteiger charge is -2.07. The van der Waals surface area contributed by atoms with Crippen molar-refractivity contribution in [3.8, 4) is 11.6 Å². The predicted octanol–water partition coefficient (Wildman–Crippen LogP) is 2.97. The van der Waals surface area contributed by atoms with Gasteiger partial charge in [-0.05, 0) is 24.6 Å². The molecule has 0 amide bonds. The van der Waals surface area contributed by atoms with Crippen LogP contribution in [-0.2, 0) is 0 Å². The molecule has 1 unspecified atom stereocenters. The van der Waals surface area contributed by atoms with E-state index in [1.807, 2.05) is 0 Å². The molecule has 1 aromatic carbocycles. The molecule has 1 aromatic heterocycles. The Kier molecular flexibility index (Phi) is 3.90. The summed E-state index contributed by atoms with van der Waals surface area (Å²) in [6, 6.07) is 5.93. The van der Waals surface area contributed by atoms with Crippen LogP contribution in [0.25, 0.3) is 0 Å². The van der Waals surface area contributed by atoms with Gasteiger partial charge in [0, 0.05) is 24.4 Å². The largest absolute Gasteiger partial charge is 0.432 e. The predicted molar refractivity (Wildman–Crippen MR) is 68.0 cm³/mol. The van der Waals surface area contributed by atoms with Crippen molar-refractivity contribution in [3.63, 3.8) is 0 Å². The third-order valence-electron chi connectivity index (χ3n) is 2.57. The van der Waals surface area contributed by atoms with Crippen LogP contribution in [0.1, 0.15) is 18.6 Å². The molecule has 20 heavy (non-hydrogen) atoms. The number of aliphatic hydroxyl groups is 1. The molecule has 0 radical (unpaired) electrons. The molecule has 0 aliphatic carbocycles. The molecule has 2 aromatic rings. The van der Waals surface area contributed by atoms with E-state index >= 15 is 0 Å². The minimum Gasteiger partial charge on any atom is -0.432 e. The van der Waals surface area contributed by atoms with Gasteiger partial charge < -0.3 is 9.84 Å². The van der Waals surface area contributed by atoms with Crippen molar-refractivity contribution in [3.05, 3.63) is 58.0 Å². The van der Waals surface area contributed by atoms with Gasteiger partial charge in [0.2, 0.25) is 11.6 Å². The first kappa shape index (κ1) is 13.9. The SMILES string of the molecule is CC(O)c1ccc(Oc2cc(F)ccc2[N+](=O)[O-])nc1. The molecule has 7 heteroatoms. The molecule has 1 atom stereocenters.